The molecule has 154 valence electrons. The minimum absolute atomic E-state index is 0. The van der Waals surface area contributed by atoms with Gasteiger partial charge in [-0.25, -0.2) is 8.42 Å². The fourth-order valence-corrected chi connectivity index (χ4v) is 4.73. The van der Waals surface area contributed by atoms with E-state index in [0.29, 0.717) is 18.7 Å². The number of halogens is 1. The Bertz CT molecular complexity index is 864. The Hall–Kier alpha value is -1.87. The van der Waals surface area contributed by atoms with Crippen LogP contribution in [0.25, 0.3) is 0 Å². The molecule has 0 spiro atoms. The number of amides is 1. The van der Waals surface area contributed by atoms with Gasteiger partial charge in [-0.3, -0.25) is 4.79 Å². The summed E-state index contributed by atoms with van der Waals surface area (Å²) in [6.07, 6.45) is 3.97. The minimum atomic E-state index is -3.72. The average molecular weight is 427 g/mol. The number of nitrogens with zero attached hydrogens (tertiary/aromatic N) is 2. The fraction of sp³-hybridized carbons (Fsp3) is 0.421. The molecular weight excluding hydrogens is 400 g/mol. The van der Waals surface area contributed by atoms with Crippen LogP contribution in [-0.4, -0.2) is 61.2 Å². The van der Waals surface area contributed by atoms with Crippen molar-refractivity contribution in [3.63, 3.8) is 0 Å². The number of benzene rings is 1. The monoisotopic (exact) mass is 426 g/mol. The number of carbonyl (C=O) groups excluding carboxylic acids is 1. The van der Waals surface area contributed by atoms with Crippen molar-refractivity contribution in [2.24, 2.45) is 5.73 Å². The van der Waals surface area contributed by atoms with E-state index in [9.17, 15) is 13.2 Å². The van der Waals surface area contributed by atoms with Crippen LogP contribution in [0.1, 0.15) is 28.9 Å². The summed E-state index contributed by atoms with van der Waals surface area (Å²) in [6, 6.07) is 11.2. The molecule has 1 aliphatic heterocycles. The first-order chi connectivity index (χ1) is 13.0. The molecule has 1 aromatic carbocycles. The Balaban J connectivity index is 0.00000280. The van der Waals surface area contributed by atoms with Gasteiger partial charge in [-0.2, -0.15) is 4.31 Å². The number of sulfonamides is 1. The molecule has 0 saturated carbocycles. The number of rotatable bonds is 8. The number of nitrogens with one attached hydrogen (secondary N) is 1. The lowest BCUT2D eigenvalue weighted by atomic mass is 10.1. The van der Waals surface area contributed by atoms with Gasteiger partial charge in [0.25, 0.3) is 5.91 Å². The van der Waals surface area contributed by atoms with Crippen molar-refractivity contribution in [2.75, 3.05) is 32.7 Å². The van der Waals surface area contributed by atoms with E-state index in [1.165, 1.54) is 16.6 Å². The average Bonchev–Trinajstić information content (AvgIpc) is 3.37. The van der Waals surface area contributed by atoms with E-state index in [0.717, 1.165) is 31.5 Å². The van der Waals surface area contributed by atoms with Crippen molar-refractivity contribution in [2.45, 2.75) is 24.2 Å². The molecule has 2 aromatic rings. The predicted octanol–water partition coefficient (Wildman–Crippen LogP) is 1.86. The Morgan fingerprint density at radius 2 is 1.82 bits per heavy atom. The molecule has 1 fully saturated rings. The molecule has 1 amide bonds. The quantitative estimate of drug-likeness (QED) is 0.672. The first-order valence-electron chi connectivity index (χ1n) is 9.24. The van der Waals surface area contributed by atoms with Crippen molar-refractivity contribution >= 4 is 28.3 Å². The van der Waals surface area contributed by atoms with Crippen molar-refractivity contribution in [3.8, 4) is 0 Å². The number of carbonyl (C=O) groups is 1. The van der Waals surface area contributed by atoms with Crippen molar-refractivity contribution in [3.05, 3.63) is 53.9 Å². The highest BCUT2D eigenvalue weighted by Gasteiger charge is 2.27. The van der Waals surface area contributed by atoms with Crippen molar-refractivity contribution < 1.29 is 13.2 Å². The molecule has 1 aromatic heterocycles. The van der Waals surface area contributed by atoms with E-state index in [-0.39, 0.29) is 36.3 Å². The maximum atomic E-state index is 13.0. The predicted molar refractivity (Wildman–Crippen MR) is 111 cm³/mol. The molecule has 3 N–H and O–H groups in total. The molecule has 7 nitrogen and oxygen atoms in total. The summed E-state index contributed by atoms with van der Waals surface area (Å²) < 4.78 is 27.4. The molecule has 0 atom stereocenters. The molecule has 28 heavy (non-hydrogen) atoms. The van der Waals surface area contributed by atoms with Gasteiger partial charge in [-0.05, 0) is 30.9 Å². The molecule has 0 aliphatic carbocycles. The Morgan fingerprint density at radius 1 is 1.14 bits per heavy atom. The third kappa shape index (κ3) is 5.14. The molecule has 1 saturated heterocycles. The van der Waals surface area contributed by atoms with Crippen LogP contribution in [0.4, 0.5) is 0 Å². The first kappa shape index (κ1) is 22.4. The lowest BCUT2D eigenvalue weighted by Gasteiger charge is -2.21. The molecular formula is C19H27ClN4O3S. The van der Waals surface area contributed by atoms with Crippen molar-refractivity contribution in [1.82, 2.24) is 14.2 Å². The SMILES string of the molecule is Cl.NCCN(CCc1ccccc1)S(=O)(=O)c1c[nH]c(C(=O)N2CCCC2)c1. The topological polar surface area (TPSA) is 99.5 Å². The van der Waals surface area contributed by atoms with E-state index in [1.807, 2.05) is 30.3 Å². The molecule has 0 unspecified atom stereocenters. The summed E-state index contributed by atoms with van der Waals surface area (Å²) in [5.74, 6) is -0.149. The number of hydrogen-bond acceptors (Lipinski definition) is 4. The highest BCUT2D eigenvalue weighted by Crippen LogP contribution is 2.19. The second-order valence-electron chi connectivity index (χ2n) is 6.68. The Morgan fingerprint density at radius 3 is 2.46 bits per heavy atom. The van der Waals surface area contributed by atoms with Crippen molar-refractivity contribution in [1.29, 1.82) is 0 Å². The van der Waals surface area contributed by atoms with Crippen LogP contribution >= 0.6 is 12.4 Å². The van der Waals surface area contributed by atoms with Crippen LogP contribution in [-0.2, 0) is 16.4 Å². The van der Waals surface area contributed by atoms with Crippen LogP contribution in [0.2, 0.25) is 0 Å². The van der Waals surface area contributed by atoms with Gasteiger partial charge >= 0.3 is 0 Å². The molecule has 0 bridgehead atoms. The molecule has 0 radical (unpaired) electrons. The summed E-state index contributed by atoms with van der Waals surface area (Å²) in [5, 5.41) is 0. The number of hydrogen-bond donors (Lipinski definition) is 2. The highest BCUT2D eigenvalue weighted by atomic mass is 35.5. The maximum absolute atomic E-state index is 13.0. The fourth-order valence-electron chi connectivity index (χ4n) is 3.28. The normalized spacial score (nSPS) is 14.3. The van der Waals surface area contributed by atoms with Gasteiger partial charge in [0.2, 0.25) is 10.0 Å². The molecule has 9 heteroatoms. The largest absolute Gasteiger partial charge is 0.356 e. The lowest BCUT2D eigenvalue weighted by molar-refractivity contribution is 0.0787. The molecule has 1 aliphatic rings. The lowest BCUT2D eigenvalue weighted by Crippen LogP contribution is -2.36. The summed E-state index contributed by atoms with van der Waals surface area (Å²) >= 11 is 0. The number of aromatic amines is 1. The zero-order chi connectivity index (χ0) is 19.3. The smallest absolute Gasteiger partial charge is 0.270 e. The Kier molecular flexibility index (Phi) is 8.06. The maximum Gasteiger partial charge on any atom is 0.270 e. The van der Waals surface area contributed by atoms with Crippen LogP contribution < -0.4 is 5.73 Å². The summed E-state index contributed by atoms with van der Waals surface area (Å²) in [5.41, 5.74) is 7.01. The summed E-state index contributed by atoms with van der Waals surface area (Å²) in [6.45, 7) is 2.24. The standard InChI is InChI=1S/C19H26N4O3S.ClH/c20-9-13-23(12-8-16-6-2-1-3-7-16)27(25,26)17-14-18(21-15-17)19(24)22-10-4-5-11-22;/h1-3,6-7,14-15,21H,4-5,8-13,20H2;1H. The Labute approximate surface area is 172 Å². The van der Waals surface area contributed by atoms with Gasteiger partial charge in [0.15, 0.2) is 0 Å². The van der Waals surface area contributed by atoms with Gasteiger partial charge in [0.05, 0.1) is 0 Å². The molecule has 3 rings (SSSR count). The number of likely N-dealkylation sites (tertiary alicyclic amines) is 1. The highest BCUT2D eigenvalue weighted by molar-refractivity contribution is 7.89. The third-order valence-electron chi connectivity index (χ3n) is 4.79. The minimum Gasteiger partial charge on any atom is -0.356 e. The van der Waals surface area contributed by atoms with E-state index in [4.69, 9.17) is 5.73 Å². The summed E-state index contributed by atoms with van der Waals surface area (Å²) in [4.78, 5) is 17.1. The first-order valence-corrected chi connectivity index (χ1v) is 10.7. The zero-order valence-corrected chi connectivity index (χ0v) is 17.3. The summed E-state index contributed by atoms with van der Waals surface area (Å²) in [7, 11) is -3.72. The van der Waals surface area contributed by atoms with Crippen LogP contribution in [0.3, 0.4) is 0 Å². The van der Waals surface area contributed by atoms with E-state index in [2.05, 4.69) is 4.98 Å². The van der Waals surface area contributed by atoms with Crippen LogP contribution in [0.5, 0.6) is 0 Å². The number of nitrogens with two attached hydrogens (primary N) is 1. The van der Waals surface area contributed by atoms with Gasteiger partial charge in [0.1, 0.15) is 10.6 Å². The van der Waals surface area contributed by atoms with Gasteiger partial charge < -0.3 is 15.6 Å². The zero-order valence-electron chi connectivity index (χ0n) is 15.7. The third-order valence-corrected chi connectivity index (χ3v) is 6.67. The van der Waals surface area contributed by atoms with E-state index >= 15 is 0 Å². The van der Waals surface area contributed by atoms with Gasteiger partial charge in [0, 0.05) is 38.9 Å². The van der Waals surface area contributed by atoms with E-state index in [1.54, 1.807) is 4.90 Å². The molecule has 2 heterocycles. The number of H-pyrrole nitrogens is 1. The number of aromatic nitrogens is 1. The van der Waals surface area contributed by atoms with Gasteiger partial charge in [-0.1, -0.05) is 30.3 Å². The van der Waals surface area contributed by atoms with Crippen LogP contribution in [0, 0.1) is 0 Å². The second kappa shape index (κ2) is 10.1. The van der Waals surface area contributed by atoms with E-state index < -0.39 is 10.0 Å². The van der Waals surface area contributed by atoms with Crippen LogP contribution in [0.15, 0.2) is 47.5 Å². The van der Waals surface area contributed by atoms with Gasteiger partial charge in [-0.15, -0.1) is 12.4 Å². The second-order valence-corrected chi connectivity index (χ2v) is 8.61.